The molecule has 0 aliphatic heterocycles. The zero-order valence-corrected chi connectivity index (χ0v) is 10.8. The van der Waals surface area contributed by atoms with Crippen LogP contribution in [0.5, 0.6) is 0 Å². The molecule has 3 heteroatoms. The molecule has 0 unspecified atom stereocenters. The fourth-order valence-corrected chi connectivity index (χ4v) is 2.40. The Morgan fingerprint density at radius 2 is 1.52 bits per heavy atom. The van der Waals surface area contributed by atoms with Crippen LogP contribution in [0.1, 0.15) is 11.1 Å². The van der Waals surface area contributed by atoms with Gasteiger partial charge in [-0.05, 0) is 22.9 Å². The quantitative estimate of drug-likeness (QED) is 0.590. The first kappa shape index (κ1) is 12.7. The minimum Gasteiger partial charge on any atom is -0.386 e. The molecule has 0 saturated heterocycles. The number of terminal acetylenes is 2. The van der Waals surface area contributed by atoms with Crippen LogP contribution < -0.4 is 11.3 Å². The highest BCUT2D eigenvalue weighted by Crippen LogP contribution is 2.24. The topological polar surface area (TPSA) is 47.3 Å². The molecule has 1 aromatic heterocycles. The van der Waals surface area contributed by atoms with Crippen LogP contribution in [0.2, 0.25) is 0 Å². The highest BCUT2D eigenvalue weighted by atomic mass is 16.4. The van der Waals surface area contributed by atoms with Crippen LogP contribution in [0.3, 0.4) is 0 Å². The first-order valence-electron chi connectivity index (χ1n) is 6.13. The van der Waals surface area contributed by atoms with E-state index in [4.69, 9.17) is 17.3 Å². The lowest BCUT2D eigenvalue weighted by Gasteiger charge is -2.01. The van der Waals surface area contributed by atoms with E-state index < -0.39 is 11.3 Å². The first-order chi connectivity index (χ1) is 10.2. The summed E-state index contributed by atoms with van der Waals surface area (Å²) in [6.45, 7) is 0. The van der Waals surface area contributed by atoms with Gasteiger partial charge in [0.2, 0.25) is 0 Å². The van der Waals surface area contributed by atoms with E-state index in [1.165, 1.54) is 0 Å². The minimum atomic E-state index is -0.781. The largest absolute Gasteiger partial charge is 0.386 e. The predicted molar refractivity (Wildman–Crippen MR) is 82.1 cm³/mol. The standard InChI is InChI=1S/C18H8O3/c1-3-11-9-10-14-13-7-5-6-8-15(13)17(19)21-18(20)16(14)12(11)4-2/h1-2,5-10H. The van der Waals surface area contributed by atoms with Crippen LogP contribution in [0.4, 0.5) is 0 Å². The molecule has 2 aromatic carbocycles. The van der Waals surface area contributed by atoms with Gasteiger partial charge in [-0.2, -0.15) is 0 Å². The third-order valence-electron chi connectivity index (χ3n) is 3.33. The maximum atomic E-state index is 12.2. The summed E-state index contributed by atoms with van der Waals surface area (Å²) in [6, 6.07) is 10.2. The van der Waals surface area contributed by atoms with Gasteiger partial charge in [0.1, 0.15) is 0 Å². The SMILES string of the molecule is C#Cc1ccc2c(c1C#C)c(=O)oc(=O)c1ccccc12. The van der Waals surface area contributed by atoms with Gasteiger partial charge in [0.25, 0.3) is 0 Å². The van der Waals surface area contributed by atoms with Crippen LogP contribution in [0, 0.1) is 24.7 Å². The molecule has 98 valence electrons. The van der Waals surface area contributed by atoms with Crippen molar-refractivity contribution in [2.45, 2.75) is 0 Å². The van der Waals surface area contributed by atoms with Gasteiger partial charge in [-0.3, -0.25) is 0 Å². The maximum Gasteiger partial charge on any atom is 0.347 e. The Labute approximate surface area is 119 Å². The lowest BCUT2D eigenvalue weighted by atomic mass is 9.99. The third-order valence-corrected chi connectivity index (χ3v) is 3.33. The van der Waals surface area contributed by atoms with E-state index in [-0.39, 0.29) is 10.9 Å². The second-order valence-corrected chi connectivity index (χ2v) is 4.42. The number of benzene rings is 2. The number of hydrogen-bond acceptors (Lipinski definition) is 3. The van der Waals surface area contributed by atoms with Crippen molar-refractivity contribution in [3.05, 3.63) is 68.4 Å². The van der Waals surface area contributed by atoms with Gasteiger partial charge in [-0.25, -0.2) is 9.59 Å². The summed E-state index contributed by atoms with van der Waals surface area (Å²) < 4.78 is 4.86. The molecule has 0 aliphatic carbocycles. The molecule has 0 spiro atoms. The molecule has 0 N–H and O–H groups in total. The number of rotatable bonds is 0. The summed E-state index contributed by atoms with van der Waals surface area (Å²) in [4.78, 5) is 24.2. The normalized spacial score (nSPS) is 10.2. The molecule has 21 heavy (non-hydrogen) atoms. The minimum absolute atomic E-state index is 0.159. The van der Waals surface area contributed by atoms with E-state index in [1.54, 1.807) is 36.4 Å². The molecule has 0 atom stereocenters. The zero-order chi connectivity index (χ0) is 15.0. The Bertz CT molecular complexity index is 1090. The van der Waals surface area contributed by atoms with E-state index in [0.717, 1.165) is 0 Å². The van der Waals surface area contributed by atoms with Crippen LogP contribution in [-0.2, 0) is 0 Å². The van der Waals surface area contributed by atoms with E-state index in [2.05, 4.69) is 11.8 Å². The second-order valence-electron chi connectivity index (χ2n) is 4.42. The summed E-state index contributed by atoms with van der Waals surface area (Å²) in [5.41, 5.74) is -0.794. The van der Waals surface area contributed by atoms with E-state index >= 15 is 0 Å². The van der Waals surface area contributed by atoms with Gasteiger partial charge in [0.05, 0.1) is 16.3 Å². The van der Waals surface area contributed by atoms with Gasteiger partial charge < -0.3 is 4.42 Å². The number of fused-ring (bicyclic) bond motifs is 3. The Kier molecular flexibility index (Phi) is 2.83. The Morgan fingerprint density at radius 3 is 2.19 bits per heavy atom. The average molecular weight is 272 g/mol. The molecule has 0 amide bonds. The first-order valence-corrected chi connectivity index (χ1v) is 6.13. The average Bonchev–Trinajstić information content (AvgIpc) is 2.62. The summed E-state index contributed by atoms with van der Waals surface area (Å²) >= 11 is 0. The molecule has 0 fully saturated rings. The maximum absolute atomic E-state index is 12.2. The molecular weight excluding hydrogens is 264 g/mol. The van der Waals surface area contributed by atoms with Crippen molar-refractivity contribution in [1.82, 2.24) is 0 Å². The van der Waals surface area contributed by atoms with Crippen molar-refractivity contribution in [2.24, 2.45) is 0 Å². The predicted octanol–water partition coefficient (Wildman–Crippen LogP) is 2.27. The highest BCUT2D eigenvalue weighted by Gasteiger charge is 2.12. The monoisotopic (exact) mass is 272 g/mol. The molecule has 0 aliphatic rings. The van der Waals surface area contributed by atoms with Crippen LogP contribution >= 0.6 is 0 Å². The lowest BCUT2D eigenvalue weighted by molar-refractivity contribution is 0.491. The summed E-state index contributed by atoms with van der Waals surface area (Å²) in [6.07, 6.45) is 10.9. The smallest absolute Gasteiger partial charge is 0.347 e. The molecule has 3 nitrogen and oxygen atoms in total. The van der Waals surface area contributed by atoms with Gasteiger partial charge in [-0.15, -0.1) is 12.8 Å². The van der Waals surface area contributed by atoms with Crippen molar-refractivity contribution in [1.29, 1.82) is 0 Å². The summed E-state index contributed by atoms with van der Waals surface area (Å²) in [7, 11) is 0. The Morgan fingerprint density at radius 1 is 0.810 bits per heavy atom. The molecular formula is C18H8O3. The van der Waals surface area contributed by atoms with E-state index in [0.29, 0.717) is 21.7 Å². The number of hydrogen-bond donors (Lipinski definition) is 0. The van der Waals surface area contributed by atoms with Gasteiger partial charge >= 0.3 is 11.3 Å². The fraction of sp³-hybridized carbons (Fsp3) is 0. The summed E-state index contributed by atoms with van der Waals surface area (Å²) in [5.74, 6) is 4.86. The molecule has 1 heterocycles. The van der Waals surface area contributed by atoms with Gasteiger partial charge in [-0.1, -0.05) is 36.1 Å². The van der Waals surface area contributed by atoms with Gasteiger partial charge in [0.15, 0.2) is 0 Å². The zero-order valence-electron chi connectivity index (χ0n) is 10.8. The molecule has 3 rings (SSSR count). The van der Waals surface area contributed by atoms with Crippen molar-refractivity contribution in [3.8, 4) is 24.7 Å². The molecule has 0 bridgehead atoms. The summed E-state index contributed by atoms with van der Waals surface area (Å²) in [5, 5.41) is 1.63. The van der Waals surface area contributed by atoms with Crippen LogP contribution in [0.15, 0.2) is 50.4 Å². The van der Waals surface area contributed by atoms with Crippen molar-refractivity contribution >= 4 is 21.5 Å². The Balaban J connectivity index is 2.81. The van der Waals surface area contributed by atoms with Crippen molar-refractivity contribution in [2.75, 3.05) is 0 Å². The van der Waals surface area contributed by atoms with Gasteiger partial charge in [0, 0.05) is 5.56 Å². The Hall–Kier alpha value is -3.30. The van der Waals surface area contributed by atoms with Crippen molar-refractivity contribution < 1.29 is 4.42 Å². The van der Waals surface area contributed by atoms with E-state index in [9.17, 15) is 9.59 Å². The third kappa shape index (κ3) is 1.81. The molecule has 3 aromatic rings. The fourth-order valence-electron chi connectivity index (χ4n) is 2.40. The molecule has 0 saturated carbocycles. The van der Waals surface area contributed by atoms with Crippen molar-refractivity contribution in [3.63, 3.8) is 0 Å². The van der Waals surface area contributed by atoms with Crippen LogP contribution in [-0.4, -0.2) is 0 Å². The molecule has 0 radical (unpaired) electrons. The highest BCUT2D eigenvalue weighted by molar-refractivity contribution is 6.07. The lowest BCUT2D eigenvalue weighted by Crippen LogP contribution is -2.06. The van der Waals surface area contributed by atoms with E-state index in [1.807, 2.05) is 0 Å². The van der Waals surface area contributed by atoms with Crippen LogP contribution in [0.25, 0.3) is 21.5 Å². The second kappa shape index (κ2) is 4.67.